The van der Waals surface area contributed by atoms with Gasteiger partial charge in [-0.05, 0) is 43.0 Å². The normalized spacial score (nSPS) is 16.6. The summed E-state index contributed by atoms with van der Waals surface area (Å²) in [6, 6.07) is 8.94. The van der Waals surface area contributed by atoms with Crippen molar-refractivity contribution in [2.75, 3.05) is 19.6 Å². The van der Waals surface area contributed by atoms with Crippen LogP contribution in [-0.2, 0) is 10.0 Å². The van der Waals surface area contributed by atoms with Crippen LogP contribution >= 0.6 is 11.3 Å². The fraction of sp³-hybridized carbons (Fsp3) is 0.375. The minimum atomic E-state index is -3.52. The van der Waals surface area contributed by atoms with Crippen molar-refractivity contribution in [2.24, 2.45) is 5.92 Å². The Morgan fingerprint density at radius 3 is 2.68 bits per heavy atom. The number of piperidine rings is 1. The molecule has 134 valence electrons. The molecule has 3 rings (SSSR count). The number of rotatable bonds is 5. The summed E-state index contributed by atoms with van der Waals surface area (Å²) in [6.45, 7) is 1.18. The molecule has 0 aromatic carbocycles. The number of hydrogen-bond acceptors (Lipinski definition) is 5. The first-order chi connectivity index (χ1) is 12.0. The first-order valence-corrected chi connectivity index (χ1v) is 10.2. The molecule has 2 aromatic heterocycles. The van der Waals surface area contributed by atoms with Crippen LogP contribution in [0.5, 0.6) is 0 Å². The summed E-state index contributed by atoms with van der Waals surface area (Å²) in [5.74, 6) is 0.176. The monoisotopic (exact) mass is 381 g/mol. The number of carbonyl (C=O) groups is 1. The summed E-state index contributed by atoms with van der Waals surface area (Å²) in [7, 11) is -3.52. The van der Waals surface area contributed by atoms with Crippen molar-refractivity contribution in [1.29, 1.82) is 0 Å². The molecule has 1 aliphatic heterocycles. The number of thiophene rings is 1. The Morgan fingerprint density at radius 1 is 1.28 bits per heavy atom. The molecule has 0 saturated carbocycles. The minimum absolute atomic E-state index is 0.176. The molecule has 1 aliphatic rings. The molecule has 0 atom stereocenters. The van der Waals surface area contributed by atoms with E-state index < -0.39 is 16.1 Å². The summed E-state index contributed by atoms with van der Waals surface area (Å²) in [4.78, 5) is 15.6. The number of nitrogens with zero attached hydrogens (tertiary/aromatic N) is 2. The Morgan fingerprint density at radius 2 is 2.04 bits per heavy atom. The van der Waals surface area contributed by atoms with Crippen LogP contribution in [0.2, 0.25) is 0 Å². The number of aromatic nitrogens is 1. The molecule has 1 fully saturated rings. The van der Waals surface area contributed by atoms with Crippen LogP contribution < -0.4 is 5.32 Å². The largest absolute Gasteiger partial charge is 0.465 e. The van der Waals surface area contributed by atoms with E-state index in [0.29, 0.717) is 36.7 Å². The molecule has 0 spiro atoms. The lowest BCUT2D eigenvalue weighted by Crippen LogP contribution is -2.41. The van der Waals surface area contributed by atoms with Gasteiger partial charge in [-0.3, -0.25) is 4.98 Å². The highest BCUT2D eigenvalue weighted by Gasteiger charge is 2.30. The SMILES string of the molecule is O=C(O)NCC1CCN(S(=O)(=O)c2ccc(-c3ccccn3)s2)CC1. The van der Waals surface area contributed by atoms with Gasteiger partial charge in [-0.1, -0.05) is 6.07 Å². The second kappa shape index (κ2) is 7.51. The molecule has 9 heteroatoms. The maximum absolute atomic E-state index is 12.8. The van der Waals surface area contributed by atoms with Gasteiger partial charge in [0.05, 0.1) is 10.6 Å². The molecule has 3 heterocycles. The summed E-state index contributed by atoms with van der Waals surface area (Å²) < 4.78 is 27.4. The van der Waals surface area contributed by atoms with E-state index in [1.54, 1.807) is 18.3 Å². The number of sulfonamides is 1. The Labute approximate surface area is 150 Å². The summed E-state index contributed by atoms with van der Waals surface area (Å²) in [5.41, 5.74) is 0.757. The fourth-order valence-corrected chi connectivity index (χ4v) is 5.72. The molecule has 0 radical (unpaired) electrons. The highest BCUT2D eigenvalue weighted by atomic mass is 32.2. The van der Waals surface area contributed by atoms with Gasteiger partial charge in [0, 0.05) is 25.8 Å². The maximum Gasteiger partial charge on any atom is 0.404 e. The Bertz CT molecular complexity index is 828. The van der Waals surface area contributed by atoms with Crippen molar-refractivity contribution in [2.45, 2.75) is 17.1 Å². The third-order valence-electron chi connectivity index (χ3n) is 4.21. The van der Waals surface area contributed by atoms with E-state index in [0.717, 1.165) is 10.6 Å². The van der Waals surface area contributed by atoms with E-state index >= 15 is 0 Å². The van der Waals surface area contributed by atoms with Gasteiger partial charge in [0.15, 0.2) is 0 Å². The maximum atomic E-state index is 12.8. The Hall–Kier alpha value is -1.97. The van der Waals surface area contributed by atoms with Gasteiger partial charge in [0.2, 0.25) is 0 Å². The van der Waals surface area contributed by atoms with Gasteiger partial charge in [0.25, 0.3) is 10.0 Å². The molecule has 0 bridgehead atoms. The number of nitrogens with one attached hydrogen (secondary N) is 1. The highest BCUT2D eigenvalue weighted by molar-refractivity contribution is 7.91. The summed E-state index contributed by atoms with van der Waals surface area (Å²) in [5, 5.41) is 11.0. The first-order valence-electron chi connectivity index (χ1n) is 7.95. The molecule has 0 unspecified atom stereocenters. The zero-order chi connectivity index (χ0) is 17.9. The third-order valence-corrected chi connectivity index (χ3v) is 7.68. The van der Waals surface area contributed by atoms with Gasteiger partial charge in [0.1, 0.15) is 4.21 Å². The number of carboxylic acid groups (broad SMARTS) is 1. The smallest absolute Gasteiger partial charge is 0.404 e. The van der Waals surface area contributed by atoms with Gasteiger partial charge in [-0.2, -0.15) is 4.31 Å². The topological polar surface area (TPSA) is 99.6 Å². The van der Waals surface area contributed by atoms with Crippen molar-refractivity contribution in [3.63, 3.8) is 0 Å². The van der Waals surface area contributed by atoms with E-state index in [9.17, 15) is 13.2 Å². The predicted molar refractivity (Wildman–Crippen MR) is 95.1 cm³/mol. The van der Waals surface area contributed by atoms with Crippen LogP contribution in [0.4, 0.5) is 4.79 Å². The van der Waals surface area contributed by atoms with Gasteiger partial charge in [-0.25, -0.2) is 13.2 Å². The van der Waals surface area contributed by atoms with Crippen LogP contribution in [0.25, 0.3) is 10.6 Å². The molecule has 0 aliphatic carbocycles. The van der Waals surface area contributed by atoms with Crippen LogP contribution in [0.3, 0.4) is 0 Å². The lowest BCUT2D eigenvalue weighted by molar-refractivity contribution is 0.188. The van der Waals surface area contributed by atoms with Crippen molar-refractivity contribution in [3.05, 3.63) is 36.5 Å². The molecular weight excluding hydrogens is 362 g/mol. The molecule has 7 nitrogen and oxygen atoms in total. The van der Waals surface area contributed by atoms with E-state index in [2.05, 4.69) is 10.3 Å². The molecular formula is C16H19N3O4S2. The Kier molecular flexibility index (Phi) is 5.36. The van der Waals surface area contributed by atoms with Gasteiger partial charge < -0.3 is 10.4 Å². The standard InChI is InChI=1S/C16H19N3O4S2/c20-16(21)18-11-12-6-9-19(10-7-12)25(22,23)15-5-4-14(24-15)13-3-1-2-8-17-13/h1-5,8,12,18H,6-7,9-11H2,(H,20,21). The first kappa shape index (κ1) is 17.8. The summed E-state index contributed by atoms with van der Waals surface area (Å²) in [6.07, 6.45) is 1.94. The second-order valence-corrected chi connectivity index (χ2v) is 9.12. The second-order valence-electron chi connectivity index (χ2n) is 5.87. The van der Waals surface area contributed by atoms with E-state index in [4.69, 9.17) is 5.11 Å². The lowest BCUT2D eigenvalue weighted by Gasteiger charge is -2.30. The van der Waals surface area contributed by atoms with Crippen molar-refractivity contribution in [1.82, 2.24) is 14.6 Å². The van der Waals surface area contributed by atoms with E-state index in [-0.39, 0.29) is 5.92 Å². The highest BCUT2D eigenvalue weighted by Crippen LogP contribution is 2.32. The van der Waals surface area contributed by atoms with E-state index in [1.807, 2.05) is 18.2 Å². The van der Waals surface area contributed by atoms with Crippen molar-refractivity contribution < 1.29 is 18.3 Å². The average molecular weight is 381 g/mol. The van der Waals surface area contributed by atoms with Gasteiger partial charge in [-0.15, -0.1) is 11.3 Å². The Balaban J connectivity index is 1.67. The number of pyridine rings is 1. The molecule has 2 aromatic rings. The molecule has 1 saturated heterocycles. The average Bonchev–Trinajstić information content (AvgIpc) is 3.12. The van der Waals surface area contributed by atoms with Crippen LogP contribution in [-0.4, -0.2) is 48.5 Å². The molecule has 1 amide bonds. The molecule has 25 heavy (non-hydrogen) atoms. The summed E-state index contributed by atoms with van der Waals surface area (Å²) >= 11 is 1.22. The predicted octanol–water partition coefficient (Wildman–Crippen LogP) is 2.48. The van der Waals surface area contributed by atoms with Crippen LogP contribution in [0.15, 0.2) is 40.7 Å². The minimum Gasteiger partial charge on any atom is -0.465 e. The van der Waals surface area contributed by atoms with Crippen LogP contribution in [0, 0.1) is 5.92 Å². The lowest BCUT2D eigenvalue weighted by atomic mass is 9.98. The molecule has 2 N–H and O–H groups in total. The van der Waals surface area contributed by atoms with Crippen molar-refractivity contribution >= 4 is 27.5 Å². The number of amides is 1. The number of hydrogen-bond donors (Lipinski definition) is 2. The van der Waals surface area contributed by atoms with Crippen molar-refractivity contribution in [3.8, 4) is 10.6 Å². The van der Waals surface area contributed by atoms with E-state index in [1.165, 1.54) is 15.6 Å². The van der Waals surface area contributed by atoms with Gasteiger partial charge >= 0.3 is 6.09 Å². The zero-order valence-corrected chi connectivity index (χ0v) is 15.1. The van der Waals surface area contributed by atoms with Crippen LogP contribution in [0.1, 0.15) is 12.8 Å². The fourth-order valence-electron chi connectivity index (χ4n) is 2.82. The third kappa shape index (κ3) is 4.17. The quantitative estimate of drug-likeness (QED) is 0.829. The zero-order valence-electron chi connectivity index (χ0n) is 13.5.